The number of fused-ring (bicyclic) bond motifs is 1. The molecule has 35 heavy (non-hydrogen) atoms. The molecule has 3 aromatic rings. The molecule has 2 aliphatic rings. The van der Waals surface area contributed by atoms with Gasteiger partial charge in [-0.1, -0.05) is 48.5 Å². The van der Waals surface area contributed by atoms with Crippen molar-refractivity contribution in [2.45, 2.75) is 38.4 Å². The summed E-state index contributed by atoms with van der Waals surface area (Å²) < 4.78 is 2.05. The molecule has 3 heterocycles. The molecule has 2 saturated heterocycles. The molecular formula is C28H33N5O2. The third kappa shape index (κ3) is 4.36. The van der Waals surface area contributed by atoms with Crippen LogP contribution in [0.5, 0.6) is 0 Å². The van der Waals surface area contributed by atoms with Crippen LogP contribution in [0.15, 0.2) is 67.0 Å². The summed E-state index contributed by atoms with van der Waals surface area (Å²) in [6, 6.07) is 18.5. The van der Waals surface area contributed by atoms with E-state index in [9.17, 15) is 9.59 Å². The fourth-order valence-electron chi connectivity index (χ4n) is 6.21. The van der Waals surface area contributed by atoms with Crippen molar-refractivity contribution in [2.24, 2.45) is 5.92 Å². The monoisotopic (exact) mass is 471 g/mol. The molecule has 0 radical (unpaired) electrons. The lowest BCUT2D eigenvalue weighted by Gasteiger charge is -2.45. The maximum atomic E-state index is 13.9. The number of hydrogen-bond donors (Lipinski definition) is 1. The number of aromatic nitrogens is 2. The van der Waals surface area contributed by atoms with E-state index in [4.69, 9.17) is 0 Å². The van der Waals surface area contributed by atoms with Crippen molar-refractivity contribution in [1.82, 2.24) is 24.7 Å². The van der Waals surface area contributed by atoms with Gasteiger partial charge in [-0.25, -0.2) is 4.98 Å². The number of aryl methyl sites for hydroxylation is 1. The van der Waals surface area contributed by atoms with E-state index in [2.05, 4.69) is 46.5 Å². The number of imidazole rings is 1. The van der Waals surface area contributed by atoms with E-state index in [1.54, 1.807) is 13.1 Å². The highest BCUT2D eigenvalue weighted by atomic mass is 16.2. The Morgan fingerprint density at radius 3 is 2.54 bits per heavy atom. The van der Waals surface area contributed by atoms with Crippen LogP contribution in [-0.2, 0) is 11.3 Å². The minimum absolute atomic E-state index is 0.0207. The lowest BCUT2D eigenvalue weighted by atomic mass is 9.75. The predicted molar refractivity (Wildman–Crippen MR) is 135 cm³/mol. The van der Waals surface area contributed by atoms with Crippen LogP contribution >= 0.6 is 0 Å². The fourth-order valence-corrected chi connectivity index (χ4v) is 6.21. The molecule has 182 valence electrons. The summed E-state index contributed by atoms with van der Waals surface area (Å²) in [6.45, 7) is 6.01. The van der Waals surface area contributed by atoms with Gasteiger partial charge in [-0.15, -0.1) is 0 Å². The minimum Gasteiger partial charge on any atom is -0.347 e. The predicted octanol–water partition coefficient (Wildman–Crippen LogP) is 3.26. The number of hydrogen-bond acceptors (Lipinski definition) is 4. The van der Waals surface area contributed by atoms with Gasteiger partial charge >= 0.3 is 0 Å². The standard InChI is InChI=1S/C28H33N5O2/c1-20-29-14-16-32(20)17-23-11-7-8-12-24(23)27(35)33-15-13-25-26(22-9-5-4-6-10-22)31(3)18-28(25,19-33)30-21(2)34/h4-12,14,16,25-26H,13,15,17-19H2,1-3H3,(H,30,34)/t25-,26-,28+/m1/s1. The Labute approximate surface area is 206 Å². The number of carbonyl (C=O) groups excluding carboxylic acids is 2. The molecule has 1 N–H and O–H groups in total. The third-order valence-electron chi connectivity index (χ3n) is 7.65. The van der Waals surface area contributed by atoms with E-state index in [-0.39, 0.29) is 23.8 Å². The van der Waals surface area contributed by atoms with Crippen molar-refractivity contribution in [2.75, 3.05) is 26.7 Å². The normalized spacial score (nSPS) is 24.3. The van der Waals surface area contributed by atoms with Gasteiger partial charge in [-0.05, 0) is 37.6 Å². The zero-order chi connectivity index (χ0) is 24.6. The number of amides is 2. The molecule has 2 amide bonds. The maximum Gasteiger partial charge on any atom is 0.254 e. The molecule has 0 aliphatic carbocycles. The maximum absolute atomic E-state index is 13.9. The second kappa shape index (κ2) is 9.30. The molecule has 0 bridgehead atoms. The number of rotatable bonds is 5. The number of benzene rings is 2. The molecule has 7 heteroatoms. The Bertz CT molecular complexity index is 1220. The first-order chi connectivity index (χ1) is 16.9. The number of likely N-dealkylation sites (tertiary alicyclic amines) is 2. The molecule has 2 aliphatic heterocycles. The molecule has 2 fully saturated rings. The Kier molecular flexibility index (Phi) is 6.19. The highest BCUT2D eigenvalue weighted by molar-refractivity contribution is 5.96. The van der Waals surface area contributed by atoms with Gasteiger partial charge in [0.2, 0.25) is 5.91 Å². The summed E-state index contributed by atoms with van der Waals surface area (Å²) in [5.41, 5.74) is 2.46. The Morgan fingerprint density at radius 2 is 1.83 bits per heavy atom. The van der Waals surface area contributed by atoms with Crippen LogP contribution in [0.1, 0.15) is 46.7 Å². The van der Waals surface area contributed by atoms with Crippen molar-refractivity contribution >= 4 is 11.8 Å². The molecular weight excluding hydrogens is 438 g/mol. The van der Waals surface area contributed by atoms with Crippen molar-refractivity contribution < 1.29 is 9.59 Å². The SMILES string of the molecule is CC(=O)N[C@@]12CN(C(=O)c3ccccc3Cn3ccnc3C)CC[C@@H]1[C@@H](c1ccccc1)N(C)C2. The van der Waals surface area contributed by atoms with E-state index in [1.807, 2.05) is 52.9 Å². The Hall–Kier alpha value is -3.45. The summed E-state index contributed by atoms with van der Waals surface area (Å²) in [4.78, 5) is 34.8. The number of likely N-dealkylation sites (N-methyl/N-ethyl adjacent to an activating group) is 1. The number of piperidine rings is 1. The van der Waals surface area contributed by atoms with Crippen molar-refractivity contribution in [3.05, 3.63) is 89.5 Å². The van der Waals surface area contributed by atoms with Crippen molar-refractivity contribution in [1.29, 1.82) is 0 Å². The molecule has 0 saturated carbocycles. The molecule has 1 aromatic heterocycles. The third-order valence-corrected chi connectivity index (χ3v) is 7.65. The summed E-state index contributed by atoms with van der Waals surface area (Å²) >= 11 is 0. The van der Waals surface area contributed by atoms with Crippen LogP contribution in [0.25, 0.3) is 0 Å². The average molecular weight is 472 g/mol. The first-order valence-electron chi connectivity index (χ1n) is 12.3. The first-order valence-corrected chi connectivity index (χ1v) is 12.3. The zero-order valence-electron chi connectivity index (χ0n) is 20.6. The molecule has 7 nitrogen and oxygen atoms in total. The molecule has 0 unspecified atom stereocenters. The number of nitrogens with zero attached hydrogens (tertiary/aromatic N) is 4. The van der Waals surface area contributed by atoms with E-state index in [0.717, 1.165) is 17.8 Å². The molecule has 2 aromatic carbocycles. The van der Waals surface area contributed by atoms with Crippen LogP contribution in [0.3, 0.4) is 0 Å². The van der Waals surface area contributed by atoms with E-state index in [0.29, 0.717) is 31.7 Å². The van der Waals surface area contributed by atoms with Crippen LogP contribution in [-0.4, -0.2) is 63.4 Å². The average Bonchev–Trinajstić information content (AvgIpc) is 3.37. The lowest BCUT2D eigenvalue weighted by Crippen LogP contribution is -2.64. The van der Waals surface area contributed by atoms with Crippen LogP contribution in [0, 0.1) is 12.8 Å². The summed E-state index contributed by atoms with van der Waals surface area (Å²) in [7, 11) is 2.12. The lowest BCUT2D eigenvalue weighted by molar-refractivity contribution is -0.122. The molecule has 3 atom stereocenters. The van der Waals surface area contributed by atoms with E-state index in [1.165, 1.54) is 5.56 Å². The van der Waals surface area contributed by atoms with Crippen LogP contribution < -0.4 is 5.32 Å². The largest absolute Gasteiger partial charge is 0.347 e. The van der Waals surface area contributed by atoms with Gasteiger partial charge in [-0.3, -0.25) is 14.5 Å². The van der Waals surface area contributed by atoms with Gasteiger partial charge in [0, 0.05) is 63.0 Å². The zero-order valence-corrected chi connectivity index (χ0v) is 20.6. The second-order valence-corrected chi connectivity index (χ2v) is 9.99. The molecule has 5 rings (SSSR count). The Balaban J connectivity index is 1.44. The summed E-state index contributed by atoms with van der Waals surface area (Å²) in [5, 5.41) is 3.30. The fraction of sp³-hybridized carbons (Fsp3) is 0.393. The smallest absolute Gasteiger partial charge is 0.254 e. The highest BCUT2D eigenvalue weighted by Crippen LogP contribution is 2.47. The summed E-state index contributed by atoms with van der Waals surface area (Å²) in [5.74, 6) is 1.11. The number of nitrogens with one attached hydrogen (secondary N) is 1. The summed E-state index contributed by atoms with van der Waals surface area (Å²) in [6.07, 6.45) is 4.55. The van der Waals surface area contributed by atoms with Crippen LogP contribution in [0.2, 0.25) is 0 Å². The Morgan fingerprint density at radius 1 is 1.09 bits per heavy atom. The first kappa shape index (κ1) is 23.3. The minimum atomic E-state index is -0.481. The van der Waals surface area contributed by atoms with E-state index >= 15 is 0 Å². The second-order valence-electron chi connectivity index (χ2n) is 9.99. The van der Waals surface area contributed by atoms with Gasteiger partial charge < -0.3 is 14.8 Å². The van der Waals surface area contributed by atoms with E-state index < -0.39 is 5.54 Å². The van der Waals surface area contributed by atoms with Gasteiger partial charge in [0.25, 0.3) is 5.91 Å². The number of carbonyl (C=O) groups is 2. The van der Waals surface area contributed by atoms with Gasteiger partial charge in [0.1, 0.15) is 5.82 Å². The quantitative estimate of drug-likeness (QED) is 0.620. The van der Waals surface area contributed by atoms with Crippen molar-refractivity contribution in [3.8, 4) is 0 Å². The molecule has 0 spiro atoms. The topological polar surface area (TPSA) is 70.5 Å². The van der Waals surface area contributed by atoms with Gasteiger partial charge in [0.15, 0.2) is 0 Å². The van der Waals surface area contributed by atoms with Gasteiger partial charge in [0.05, 0.1) is 5.54 Å². The van der Waals surface area contributed by atoms with Crippen LogP contribution in [0.4, 0.5) is 0 Å². The van der Waals surface area contributed by atoms with Gasteiger partial charge in [-0.2, -0.15) is 0 Å². The van der Waals surface area contributed by atoms with Crippen molar-refractivity contribution in [3.63, 3.8) is 0 Å². The highest BCUT2D eigenvalue weighted by Gasteiger charge is 2.55.